The van der Waals surface area contributed by atoms with Crippen LogP contribution in [0.2, 0.25) is 0 Å². The van der Waals surface area contributed by atoms with E-state index in [2.05, 4.69) is 122 Å². The molecule has 700 valence electrons. The van der Waals surface area contributed by atoms with Crippen LogP contribution in [0.25, 0.3) is 11.1 Å². The number of hydrogen-bond donors (Lipinski definition) is 0. The number of carbonyl (C=O) groups is 7. The minimum atomic E-state index is -0.432. The molecule has 0 aromatic heterocycles. The summed E-state index contributed by atoms with van der Waals surface area (Å²) in [6, 6.07) is 70.2. The monoisotopic (exact) mass is 1790 g/mol. The first-order chi connectivity index (χ1) is 63.5. The maximum atomic E-state index is 12.9. The zero-order valence-corrected chi connectivity index (χ0v) is 78.3. The standard InChI is InChI=1S/C38H46N2O4.C32H42N2O4.C22H24O4.C21H24O2.CH4/c1-27-3-5-28(6-4-27)29-7-9-30(10-8-29)31-15-19-35(20-16-31)43-37(41)32-11-13-33(14-12-32)38(42)44-36-21-17-34(18-22-36)40-25-23-39(2)24-26-40;1-23-3-5-24(6-4-23)25-11-15-29(16-12-25)37-31(35)26-7-9-27(10-8-26)32(36)38-30-17-13-28(14-18-30)34-21-19-33(2)20-22-34;1-15-3-5-17(6-4-15)18-7-11-21(12-8-18)26-22(24)19-9-13-20(14-10-19)25-16(2)23;1-15-3-7-17(8-4-15)18-11-13-20(14-12-18)23-21(22)19-9-5-16(2)6-10-19;/h7-10,15-22,27-28,32-33H,3-6,11-14,23-26H2,1-2H3;11-18,23-24,26-27H,3-10,19-22H2,1-2H3;7-15,17H,3-6H2,1-2H3;5-6,9-15,17H,3-4,7-8H2,1-2H3;1H4. The number of ether oxygens (including phenoxy) is 7. The lowest BCUT2D eigenvalue weighted by atomic mass is 9.79. The van der Waals surface area contributed by atoms with Crippen LogP contribution in [0.5, 0.6) is 40.2 Å². The molecule has 0 spiro atoms. The van der Waals surface area contributed by atoms with Gasteiger partial charge < -0.3 is 52.8 Å². The van der Waals surface area contributed by atoms with Gasteiger partial charge in [-0.15, -0.1) is 0 Å². The fraction of sp³-hybridized carbons (Fsp3) is 0.465. The van der Waals surface area contributed by atoms with Gasteiger partial charge in [0.1, 0.15) is 40.2 Å². The summed E-state index contributed by atoms with van der Waals surface area (Å²) < 4.78 is 38.7. The van der Waals surface area contributed by atoms with Crippen LogP contribution < -0.4 is 43.0 Å². The highest BCUT2D eigenvalue weighted by molar-refractivity contribution is 5.92. The molecule has 17 rings (SSSR count). The van der Waals surface area contributed by atoms with Crippen LogP contribution in [0.3, 0.4) is 0 Å². The summed E-state index contributed by atoms with van der Waals surface area (Å²) in [5.74, 6) is 7.21. The molecule has 0 bridgehead atoms. The predicted molar refractivity (Wildman–Crippen MR) is 524 cm³/mol. The van der Waals surface area contributed by atoms with Crippen molar-refractivity contribution >= 4 is 53.2 Å². The van der Waals surface area contributed by atoms with Crippen molar-refractivity contribution in [2.75, 3.05) is 76.3 Å². The van der Waals surface area contributed by atoms with E-state index in [4.69, 9.17) is 33.2 Å². The zero-order valence-electron chi connectivity index (χ0n) is 78.3. The largest absolute Gasteiger partial charge is 0.427 e. The van der Waals surface area contributed by atoms with Crippen LogP contribution in [0.1, 0.15) is 268 Å². The summed E-state index contributed by atoms with van der Waals surface area (Å²) in [5.41, 5.74) is 12.2. The molecule has 9 aromatic carbocycles. The average Bonchev–Trinajstić information content (AvgIpc) is 1.17. The number of benzene rings is 9. The van der Waals surface area contributed by atoms with Crippen molar-refractivity contribution in [3.8, 4) is 51.4 Å². The first-order valence-corrected chi connectivity index (χ1v) is 48.7. The van der Waals surface area contributed by atoms with Crippen LogP contribution in [0.15, 0.2) is 218 Å². The van der Waals surface area contributed by atoms with Crippen molar-refractivity contribution < 1.29 is 66.7 Å². The van der Waals surface area contributed by atoms with Gasteiger partial charge in [-0.1, -0.05) is 177 Å². The number of carbonyl (C=O) groups excluding carboxylic acids is 7. The Morgan fingerprint density at radius 1 is 0.250 bits per heavy atom. The molecule has 18 nitrogen and oxygen atoms in total. The highest BCUT2D eigenvalue weighted by Gasteiger charge is 2.35. The summed E-state index contributed by atoms with van der Waals surface area (Å²) >= 11 is 0. The third-order valence-corrected chi connectivity index (χ3v) is 28.8. The van der Waals surface area contributed by atoms with Crippen LogP contribution in [0, 0.1) is 54.3 Å². The Kier molecular flexibility index (Phi) is 36.1. The summed E-state index contributed by atoms with van der Waals surface area (Å²) in [4.78, 5) is 96.0. The Hall–Kier alpha value is -11.2. The number of rotatable bonds is 20. The lowest BCUT2D eigenvalue weighted by Gasteiger charge is -2.34. The summed E-state index contributed by atoms with van der Waals surface area (Å²) in [7, 11) is 4.29. The second-order valence-electron chi connectivity index (χ2n) is 38.8. The van der Waals surface area contributed by atoms with Crippen LogP contribution in [0.4, 0.5) is 11.4 Å². The molecule has 18 heteroatoms. The molecule has 8 aliphatic rings. The van der Waals surface area contributed by atoms with Crippen molar-refractivity contribution in [2.24, 2.45) is 47.3 Å². The molecule has 0 radical (unpaired) electrons. The molecule has 8 fully saturated rings. The number of likely N-dealkylation sites (N-methyl/N-ethyl adjacent to an activating group) is 2. The van der Waals surface area contributed by atoms with Gasteiger partial charge in [0, 0.05) is 70.7 Å². The van der Waals surface area contributed by atoms with E-state index in [0.717, 1.165) is 98.5 Å². The molecular formula is C114H140N4O14. The van der Waals surface area contributed by atoms with E-state index in [-0.39, 0.29) is 60.9 Å². The van der Waals surface area contributed by atoms with Gasteiger partial charge in [0.05, 0.1) is 34.8 Å². The molecule has 2 saturated heterocycles. The highest BCUT2D eigenvalue weighted by Crippen LogP contribution is 2.43. The zero-order chi connectivity index (χ0) is 91.7. The molecule has 0 unspecified atom stereocenters. The van der Waals surface area contributed by atoms with Crippen molar-refractivity contribution in [3.63, 3.8) is 0 Å². The van der Waals surface area contributed by atoms with Gasteiger partial charge in [0.2, 0.25) is 0 Å². The molecule has 2 aliphatic heterocycles. The Morgan fingerprint density at radius 2 is 0.462 bits per heavy atom. The number of piperazine rings is 2. The van der Waals surface area contributed by atoms with E-state index in [9.17, 15) is 33.6 Å². The molecule has 6 saturated carbocycles. The van der Waals surface area contributed by atoms with Gasteiger partial charge in [-0.05, 0) is 338 Å². The molecule has 9 aromatic rings. The van der Waals surface area contributed by atoms with Gasteiger partial charge in [-0.3, -0.25) is 24.0 Å². The lowest BCUT2D eigenvalue weighted by Crippen LogP contribution is -2.44. The van der Waals surface area contributed by atoms with Gasteiger partial charge >= 0.3 is 41.8 Å². The Balaban J connectivity index is 0.000000154. The van der Waals surface area contributed by atoms with Crippen LogP contribution in [-0.2, 0) is 24.0 Å². The van der Waals surface area contributed by atoms with E-state index in [1.807, 2.05) is 128 Å². The fourth-order valence-electron chi connectivity index (χ4n) is 19.8. The van der Waals surface area contributed by atoms with Gasteiger partial charge in [-0.2, -0.15) is 0 Å². The minimum absolute atomic E-state index is 0. The topological polar surface area (TPSA) is 197 Å². The quantitative estimate of drug-likeness (QED) is 0.0515. The maximum Gasteiger partial charge on any atom is 0.343 e. The van der Waals surface area contributed by atoms with Gasteiger partial charge in [-0.25, -0.2) is 9.59 Å². The third kappa shape index (κ3) is 28.9. The predicted octanol–water partition coefficient (Wildman–Crippen LogP) is 25.0. The number of aryl methyl sites for hydroxylation is 1. The SMILES string of the molecule is C.CC(=O)Oc1ccc(C(=O)Oc2ccc(C3CCC(C)CC3)cc2)cc1.CC1CCC(c2ccc(-c3ccc(OC(=O)C4CCC(C(=O)Oc5ccc(N6CCN(C)CC6)cc5)CC4)cc3)cc2)CC1.CC1CCC(c2ccc(OC(=O)C3CCC(C(=O)Oc4ccc(N5CCN(C)CC5)cc4)CC3)cc2)CC1.Cc1ccc(C(=O)Oc2ccc(C3CCC(C)CC3)cc2)cc1. The molecule has 0 amide bonds. The Morgan fingerprint density at radius 3 is 0.727 bits per heavy atom. The van der Waals surface area contributed by atoms with Crippen molar-refractivity contribution in [3.05, 3.63) is 257 Å². The summed E-state index contributed by atoms with van der Waals surface area (Å²) in [6.07, 6.45) is 25.6. The lowest BCUT2D eigenvalue weighted by molar-refractivity contribution is -0.145. The molecule has 6 aliphatic carbocycles. The van der Waals surface area contributed by atoms with E-state index in [1.165, 1.54) is 137 Å². The van der Waals surface area contributed by atoms with Crippen molar-refractivity contribution in [2.45, 2.75) is 227 Å². The number of hydrogen-bond acceptors (Lipinski definition) is 18. The van der Waals surface area contributed by atoms with Crippen LogP contribution >= 0.6 is 0 Å². The minimum Gasteiger partial charge on any atom is -0.427 e. The summed E-state index contributed by atoms with van der Waals surface area (Å²) in [6.45, 7) is 20.9. The third-order valence-electron chi connectivity index (χ3n) is 28.8. The van der Waals surface area contributed by atoms with Gasteiger partial charge in [0.15, 0.2) is 0 Å². The van der Waals surface area contributed by atoms with Crippen LogP contribution in [-0.4, -0.2) is 118 Å². The maximum absolute atomic E-state index is 12.9. The second-order valence-corrected chi connectivity index (χ2v) is 38.8. The first kappa shape index (κ1) is 98.3. The Bertz CT molecular complexity index is 5030. The van der Waals surface area contributed by atoms with Gasteiger partial charge in [0.25, 0.3) is 0 Å². The summed E-state index contributed by atoms with van der Waals surface area (Å²) in [5, 5.41) is 0. The number of esters is 7. The normalized spacial score (nSPS) is 23.3. The second kappa shape index (κ2) is 48.4. The molecule has 2 heterocycles. The van der Waals surface area contributed by atoms with E-state index in [1.54, 1.807) is 36.4 Å². The molecule has 0 N–H and O–H groups in total. The van der Waals surface area contributed by atoms with E-state index < -0.39 is 11.9 Å². The van der Waals surface area contributed by atoms with E-state index in [0.29, 0.717) is 126 Å². The molecular weight excluding hydrogens is 1650 g/mol. The average molecular weight is 1790 g/mol. The van der Waals surface area contributed by atoms with Crippen molar-refractivity contribution in [1.82, 2.24) is 9.80 Å². The smallest absolute Gasteiger partial charge is 0.343 e. The number of anilines is 2. The first-order valence-electron chi connectivity index (χ1n) is 48.7. The van der Waals surface area contributed by atoms with Crippen molar-refractivity contribution in [1.29, 1.82) is 0 Å². The Labute approximate surface area is 784 Å². The molecule has 0 atom stereocenters. The number of nitrogens with zero attached hydrogens (tertiary/aromatic N) is 4. The highest BCUT2D eigenvalue weighted by atomic mass is 16.6. The molecule has 132 heavy (non-hydrogen) atoms. The fourth-order valence-corrected chi connectivity index (χ4v) is 19.8. The van der Waals surface area contributed by atoms with E-state index >= 15 is 0 Å².